The zero-order valence-corrected chi connectivity index (χ0v) is 13.0. The molecule has 1 saturated carbocycles. The van der Waals surface area contributed by atoms with Crippen molar-refractivity contribution in [2.24, 2.45) is 11.8 Å². The van der Waals surface area contributed by atoms with E-state index in [1.807, 2.05) is 6.07 Å². The van der Waals surface area contributed by atoms with Crippen molar-refractivity contribution in [1.82, 2.24) is 0 Å². The van der Waals surface area contributed by atoms with Gasteiger partial charge in [0, 0.05) is 19.0 Å². The van der Waals surface area contributed by atoms with E-state index in [-0.39, 0.29) is 6.10 Å². The predicted molar refractivity (Wildman–Crippen MR) is 85.9 cm³/mol. The van der Waals surface area contributed by atoms with Crippen LogP contribution in [0.25, 0.3) is 0 Å². The van der Waals surface area contributed by atoms with E-state index in [4.69, 9.17) is 4.74 Å². The molecule has 116 valence electrons. The lowest BCUT2D eigenvalue weighted by molar-refractivity contribution is 0.0506. The summed E-state index contributed by atoms with van der Waals surface area (Å²) in [6, 6.07) is 8.31. The van der Waals surface area contributed by atoms with E-state index in [9.17, 15) is 5.11 Å². The summed E-state index contributed by atoms with van der Waals surface area (Å²) in [6.07, 6.45) is 5.47. The zero-order valence-electron chi connectivity index (χ0n) is 13.0. The minimum atomic E-state index is -0.135. The molecular formula is C18H27NO2. The SMILES string of the molecule is CCC1CCC(O)C(CN2CCCOc3ccccc32)C1. The normalized spacial score (nSPS) is 29.4. The second-order valence-electron chi connectivity index (χ2n) is 6.53. The zero-order chi connectivity index (χ0) is 14.7. The molecule has 3 heteroatoms. The van der Waals surface area contributed by atoms with Gasteiger partial charge in [0.05, 0.1) is 18.4 Å². The van der Waals surface area contributed by atoms with E-state index >= 15 is 0 Å². The van der Waals surface area contributed by atoms with Crippen LogP contribution in [0.1, 0.15) is 39.0 Å². The molecule has 0 aromatic heterocycles. The number of aliphatic hydroxyl groups is 1. The second kappa shape index (κ2) is 6.69. The molecule has 0 bridgehead atoms. The van der Waals surface area contributed by atoms with Crippen LogP contribution in [0.4, 0.5) is 5.69 Å². The summed E-state index contributed by atoms with van der Waals surface area (Å²) in [5.74, 6) is 2.18. The monoisotopic (exact) mass is 289 g/mol. The summed E-state index contributed by atoms with van der Waals surface area (Å²) >= 11 is 0. The van der Waals surface area contributed by atoms with Crippen molar-refractivity contribution in [2.45, 2.75) is 45.1 Å². The van der Waals surface area contributed by atoms with Gasteiger partial charge in [-0.05, 0) is 43.7 Å². The molecule has 3 unspecified atom stereocenters. The molecule has 0 radical (unpaired) electrons. The summed E-state index contributed by atoms with van der Waals surface area (Å²) in [6.45, 7) is 5.04. The molecule has 1 heterocycles. The first-order valence-corrected chi connectivity index (χ1v) is 8.42. The predicted octanol–water partition coefficient (Wildman–Crippen LogP) is 3.46. The molecule has 1 fully saturated rings. The fourth-order valence-electron chi connectivity index (χ4n) is 3.78. The molecule has 0 amide bonds. The molecule has 3 atom stereocenters. The summed E-state index contributed by atoms with van der Waals surface area (Å²) in [5, 5.41) is 10.4. The Morgan fingerprint density at radius 2 is 2.14 bits per heavy atom. The number of para-hydroxylation sites is 2. The minimum Gasteiger partial charge on any atom is -0.491 e. The lowest BCUT2D eigenvalue weighted by Gasteiger charge is -2.37. The third kappa shape index (κ3) is 3.34. The fourth-order valence-corrected chi connectivity index (χ4v) is 3.78. The van der Waals surface area contributed by atoms with Crippen LogP contribution in [0.5, 0.6) is 5.75 Å². The minimum absolute atomic E-state index is 0.135. The highest BCUT2D eigenvalue weighted by Gasteiger charge is 2.30. The highest BCUT2D eigenvalue weighted by atomic mass is 16.5. The Bertz CT molecular complexity index is 462. The van der Waals surface area contributed by atoms with Gasteiger partial charge in [0.1, 0.15) is 5.75 Å². The first kappa shape index (κ1) is 14.7. The Morgan fingerprint density at radius 3 is 3.00 bits per heavy atom. The van der Waals surface area contributed by atoms with Gasteiger partial charge in [-0.3, -0.25) is 0 Å². The topological polar surface area (TPSA) is 32.7 Å². The summed E-state index contributed by atoms with van der Waals surface area (Å²) in [7, 11) is 0. The maximum Gasteiger partial charge on any atom is 0.142 e. The molecule has 0 spiro atoms. The molecule has 21 heavy (non-hydrogen) atoms. The molecule has 3 nitrogen and oxygen atoms in total. The third-order valence-electron chi connectivity index (χ3n) is 5.12. The fraction of sp³-hybridized carbons (Fsp3) is 0.667. The van der Waals surface area contributed by atoms with Crippen LogP contribution in [-0.4, -0.2) is 30.9 Å². The summed E-state index contributed by atoms with van der Waals surface area (Å²) in [4.78, 5) is 2.42. The Labute approximate surface area is 127 Å². The van der Waals surface area contributed by atoms with Crippen LogP contribution in [0.15, 0.2) is 24.3 Å². The quantitative estimate of drug-likeness (QED) is 0.925. The number of hydrogen-bond acceptors (Lipinski definition) is 3. The van der Waals surface area contributed by atoms with Crippen LogP contribution in [-0.2, 0) is 0 Å². The van der Waals surface area contributed by atoms with E-state index in [1.54, 1.807) is 0 Å². The van der Waals surface area contributed by atoms with Crippen LogP contribution in [0.3, 0.4) is 0 Å². The molecule has 1 aromatic carbocycles. The van der Waals surface area contributed by atoms with Crippen LogP contribution < -0.4 is 9.64 Å². The van der Waals surface area contributed by atoms with E-state index in [2.05, 4.69) is 30.0 Å². The number of nitrogens with zero attached hydrogens (tertiary/aromatic N) is 1. The Kier molecular flexibility index (Phi) is 4.69. The van der Waals surface area contributed by atoms with E-state index in [1.165, 1.54) is 18.5 Å². The van der Waals surface area contributed by atoms with Crippen LogP contribution >= 0.6 is 0 Å². The number of aliphatic hydroxyl groups excluding tert-OH is 1. The number of rotatable bonds is 3. The lowest BCUT2D eigenvalue weighted by Crippen LogP contribution is -2.39. The number of fused-ring (bicyclic) bond motifs is 1. The molecule has 1 aromatic rings. The number of anilines is 1. The lowest BCUT2D eigenvalue weighted by atomic mass is 9.78. The van der Waals surface area contributed by atoms with Gasteiger partial charge in [0.25, 0.3) is 0 Å². The van der Waals surface area contributed by atoms with Crippen LogP contribution in [0, 0.1) is 11.8 Å². The van der Waals surface area contributed by atoms with E-state index < -0.39 is 0 Å². The third-order valence-corrected chi connectivity index (χ3v) is 5.12. The first-order valence-electron chi connectivity index (χ1n) is 8.42. The van der Waals surface area contributed by atoms with Gasteiger partial charge >= 0.3 is 0 Å². The highest BCUT2D eigenvalue weighted by Crippen LogP contribution is 2.35. The van der Waals surface area contributed by atoms with E-state index in [0.29, 0.717) is 5.92 Å². The van der Waals surface area contributed by atoms with Gasteiger partial charge in [-0.25, -0.2) is 0 Å². The Morgan fingerprint density at radius 1 is 1.29 bits per heavy atom. The summed E-state index contributed by atoms with van der Waals surface area (Å²) < 4.78 is 5.83. The van der Waals surface area contributed by atoms with Gasteiger partial charge in [-0.15, -0.1) is 0 Å². The molecule has 1 aliphatic heterocycles. The molecule has 1 N–H and O–H groups in total. The van der Waals surface area contributed by atoms with Crippen molar-refractivity contribution in [3.05, 3.63) is 24.3 Å². The average molecular weight is 289 g/mol. The molecule has 1 aliphatic carbocycles. The molecular weight excluding hydrogens is 262 g/mol. The van der Waals surface area contributed by atoms with Gasteiger partial charge < -0.3 is 14.7 Å². The first-order chi connectivity index (χ1) is 10.3. The number of ether oxygens (including phenoxy) is 1. The van der Waals surface area contributed by atoms with Gasteiger partial charge in [-0.1, -0.05) is 25.5 Å². The van der Waals surface area contributed by atoms with Gasteiger partial charge in [0.2, 0.25) is 0 Å². The molecule has 0 saturated heterocycles. The molecule has 3 rings (SSSR count). The van der Waals surface area contributed by atoms with Crippen molar-refractivity contribution in [3.63, 3.8) is 0 Å². The Hall–Kier alpha value is -1.22. The van der Waals surface area contributed by atoms with Gasteiger partial charge in [0.15, 0.2) is 0 Å². The van der Waals surface area contributed by atoms with E-state index in [0.717, 1.165) is 50.6 Å². The average Bonchev–Trinajstić information content (AvgIpc) is 2.72. The summed E-state index contributed by atoms with van der Waals surface area (Å²) in [5.41, 5.74) is 1.20. The van der Waals surface area contributed by atoms with Crippen molar-refractivity contribution in [1.29, 1.82) is 0 Å². The highest BCUT2D eigenvalue weighted by molar-refractivity contribution is 5.59. The largest absolute Gasteiger partial charge is 0.491 e. The smallest absolute Gasteiger partial charge is 0.142 e. The number of hydrogen-bond donors (Lipinski definition) is 1. The maximum absolute atomic E-state index is 10.4. The standard InChI is InChI=1S/C18H27NO2/c1-2-14-8-9-17(20)15(12-14)13-19-10-5-11-21-18-7-4-3-6-16(18)19/h3-4,6-7,14-15,17,20H,2,5,8-13H2,1H3. The second-order valence-corrected chi connectivity index (χ2v) is 6.53. The number of benzene rings is 1. The van der Waals surface area contributed by atoms with Crippen molar-refractivity contribution >= 4 is 5.69 Å². The van der Waals surface area contributed by atoms with Crippen molar-refractivity contribution in [2.75, 3.05) is 24.6 Å². The maximum atomic E-state index is 10.4. The van der Waals surface area contributed by atoms with Crippen LogP contribution in [0.2, 0.25) is 0 Å². The van der Waals surface area contributed by atoms with Crippen molar-refractivity contribution in [3.8, 4) is 5.75 Å². The van der Waals surface area contributed by atoms with Gasteiger partial charge in [-0.2, -0.15) is 0 Å². The Balaban J connectivity index is 1.74. The van der Waals surface area contributed by atoms with Crippen molar-refractivity contribution < 1.29 is 9.84 Å². The molecule has 2 aliphatic rings.